The van der Waals surface area contributed by atoms with Crippen molar-refractivity contribution in [3.8, 4) is 0 Å². The third-order valence-corrected chi connectivity index (χ3v) is 4.81. The molecule has 19 heavy (non-hydrogen) atoms. The van der Waals surface area contributed by atoms with Crippen LogP contribution < -0.4 is 10.2 Å². The topological polar surface area (TPSA) is 15.3 Å². The molecule has 1 heterocycles. The Morgan fingerprint density at radius 1 is 1.26 bits per heavy atom. The SMILES string of the molecule is CCNCC1CCC1N1CC(C)Cc2ccccc21. The molecule has 3 unspecified atom stereocenters. The molecule has 0 saturated heterocycles. The third kappa shape index (κ3) is 2.51. The van der Waals surface area contributed by atoms with Gasteiger partial charge in [0.05, 0.1) is 0 Å². The maximum Gasteiger partial charge on any atom is 0.0401 e. The van der Waals surface area contributed by atoms with Crippen molar-refractivity contribution in [2.75, 3.05) is 24.5 Å². The molecule has 0 aromatic heterocycles. The maximum absolute atomic E-state index is 3.53. The van der Waals surface area contributed by atoms with Gasteiger partial charge in [0, 0.05) is 18.3 Å². The summed E-state index contributed by atoms with van der Waals surface area (Å²) in [5.41, 5.74) is 3.06. The van der Waals surface area contributed by atoms with Gasteiger partial charge in [-0.25, -0.2) is 0 Å². The van der Waals surface area contributed by atoms with Crippen LogP contribution in [0.3, 0.4) is 0 Å². The highest BCUT2D eigenvalue weighted by Crippen LogP contribution is 2.39. The lowest BCUT2D eigenvalue weighted by molar-refractivity contribution is 0.226. The van der Waals surface area contributed by atoms with Crippen LogP contribution in [-0.2, 0) is 6.42 Å². The van der Waals surface area contributed by atoms with Crippen LogP contribution in [0.2, 0.25) is 0 Å². The van der Waals surface area contributed by atoms with Gasteiger partial charge in [-0.15, -0.1) is 0 Å². The van der Waals surface area contributed by atoms with Crippen molar-refractivity contribution in [1.82, 2.24) is 5.32 Å². The molecule has 0 bridgehead atoms. The molecule has 1 saturated carbocycles. The molecule has 0 radical (unpaired) electrons. The number of benzene rings is 1. The fourth-order valence-corrected chi connectivity index (χ4v) is 3.68. The molecular weight excluding hydrogens is 232 g/mol. The molecule has 2 aliphatic rings. The van der Waals surface area contributed by atoms with Crippen LogP contribution >= 0.6 is 0 Å². The molecule has 0 amide bonds. The molecule has 1 aliphatic heterocycles. The zero-order valence-electron chi connectivity index (χ0n) is 12.2. The smallest absolute Gasteiger partial charge is 0.0401 e. The largest absolute Gasteiger partial charge is 0.368 e. The number of rotatable bonds is 4. The van der Waals surface area contributed by atoms with E-state index in [9.17, 15) is 0 Å². The summed E-state index contributed by atoms with van der Waals surface area (Å²) in [5.74, 6) is 1.63. The van der Waals surface area contributed by atoms with E-state index in [4.69, 9.17) is 0 Å². The third-order valence-electron chi connectivity index (χ3n) is 4.81. The first-order valence-electron chi connectivity index (χ1n) is 7.85. The van der Waals surface area contributed by atoms with Crippen LogP contribution in [0.5, 0.6) is 0 Å². The van der Waals surface area contributed by atoms with E-state index in [1.54, 1.807) is 5.56 Å². The van der Waals surface area contributed by atoms with Crippen molar-refractivity contribution in [3.63, 3.8) is 0 Å². The van der Waals surface area contributed by atoms with Crippen molar-refractivity contribution in [1.29, 1.82) is 0 Å². The Labute approximate surface area is 117 Å². The fourth-order valence-electron chi connectivity index (χ4n) is 3.68. The molecule has 1 aromatic carbocycles. The van der Waals surface area contributed by atoms with E-state index in [-0.39, 0.29) is 0 Å². The van der Waals surface area contributed by atoms with Crippen LogP contribution in [0.15, 0.2) is 24.3 Å². The first-order chi connectivity index (χ1) is 9.29. The zero-order chi connectivity index (χ0) is 13.2. The first-order valence-corrected chi connectivity index (χ1v) is 7.85. The van der Waals surface area contributed by atoms with E-state index in [1.807, 2.05) is 0 Å². The molecule has 2 nitrogen and oxygen atoms in total. The van der Waals surface area contributed by atoms with Gasteiger partial charge >= 0.3 is 0 Å². The van der Waals surface area contributed by atoms with Crippen LogP contribution in [0.25, 0.3) is 0 Å². The monoisotopic (exact) mass is 258 g/mol. The van der Waals surface area contributed by atoms with Crippen LogP contribution in [0, 0.1) is 11.8 Å². The second-order valence-corrected chi connectivity index (χ2v) is 6.30. The van der Waals surface area contributed by atoms with Gasteiger partial charge in [-0.1, -0.05) is 32.0 Å². The van der Waals surface area contributed by atoms with Crippen LogP contribution in [0.4, 0.5) is 5.69 Å². The van der Waals surface area contributed by atoms with Gasteiger partial charge in [-0.3, -0.25) is 0 Å². The molecule has 1 fully saturated rings. The van der Waals surface area contributed by atoms with E-state index in [0.717, 1.165) is 24.4 Å². The summed E-state index contributed by atoms with van der Waals surface area (Å²) in [6, 6.07) is 9.79. The Morgan fingerprint density at radius 2 is 2.11 bits per heavy atom. The van der Waals surface area contributed by atoms with Crippen LogP contribution in [-0.4, -0.2) is 25.7 Å². The number of fused-ring (bicyclic) bond motifs is 1. The van der Waals surface area contributed by atoms with E-state index in [2.05, 4.69) is 48.3 Å². The number of hydrogen-bond donors (Lipinski definition) is 1. The van der Waals surface area contributed by atoms with Gasteiger partial charge < -0.3 is 10.2 Å². The van der Waals surface area contributed by atoms with E-state index < -0.39 is 0 Å². The lowest BCUT2D eigenvalue weighted by Gasteiger charge is -2.49. The summed E-state index contributed by atoms with van der Waals surface area (Å²) in [6.07, 6.45) is 4.01. The van der Waals surface area contributed by atoms with E-state index in [1.165, 1.54) is 38.0 Å². The Bertz CT molecular complexity index is 429. The van der Waals surface area contributed by atoms with Gasteiger partial charge in [0.25, 0.3) is 0 Å². The summed E-state index contributed by atoms with van der Waals surface area (Å²) in [5, 5.41) is 3.53. The molecular formula is C17H26N2. The number of nitrogens with one attached hydrogen (secondary N) is 1. The highest BCUT2D eigenvalue weighted by atomic mass is 15.2. The van der Waals surface area contributed by atoms with E-state index in [0.29, 0.717) is 0 Å². The molecule has 3 atom stereocenters. The number of nitrogens with zero attached hydrogens (tertiary/aromatic N) is 1. The minimum Gasteiger partial charge on any atom is -0.368 e. The van der Waals surface area contributed by atoms with Gasteiger partial charge in [-0.05, 0) is 55.8 Å². The molecule has 3 rings (SSSR count). The average molecular weight is 258 g/mol. The molecule has 2 heteroatoms. The summed E-state index contributed by atoms with van der Waals surface area (Å²) in [6.45, 7) is 8.11. The predicted octanol–water partition coefficient (Wildman–Crippen LogP) is 3.07. The molecule has 1 N–H and O–H groups in total. The predicted molar refractivity (Wildman–Crippen MR) is 81.7 cm³/mol. The van der Waals surface area contributed by atoms with Crippen molar-refractivity contribution in [3.05, 3.63) is 29.8 Å². The van der Waals surface area contributed by atoms with Gasteiger partial charge in [0.2, 0.25) is 0 Å². The Kier molecular flexibility index (Phi) is 3.79. The quantitative estimate of drug-likeness (QED) is 0.893. The molecule has 104 valence electrons. The molecule has 1 aromatic rings. The minimum absolute atomic E-state index is 0.767. The number of anilines is 1. The standard InChI is InChI=1S/C17H26N2/c1-3-18-11-15-8-9-17(15)19-12-13(2)10-14-6-4-5-7-16(14)19/h4-7,13,15,17-18H,3,8-12H2,1-2H3. The number of para-hydroxylation sites is 1. The Hall–Kier alpha value is -1.02. The Balaban J connectivity index is 1.77. The second kappa shape index (κ2) is 5.54. The second-order valence-electron chi connectivity index (χ2n) is 6.30. The maximum atomic E-state index is 3.53. The summed E-state index contributed by atoms with van der Waals surface area (Å²) in [7, 11) is 0. The van der Waals surface area contributed by atoms with Crippen LogP contribution in [0.1, 0.15) is 32.3 Å². The average Bonchev–Trinajstić information content (AvgIpc) is 2.38. The normalized spacial score (nSPS) is 29.8. The highest BCUT2D eigenvalue weighted by Gasteiger charge is 2.37. The minimum atomic E-state index is 0.767. The number of hydrogen-bond acceptors (Lipinski definition) is 2. The summed E-state index contributed by atoms with van der Waals surface area (Å²) < 4.78 is 0. The highest BCUT2D eigenvalue weighted by molar-refractivity contribution is 5.57. The summed E-state index contributed by atoms with van der Waals surface area (Å²) >= 11 is 0. The zero-order valence-corrected chi connectivity index (χ0v) is 12.2. The van der Waals surface area contributed by atoms with Gasteiger partial charge in [0.15, 0.2) is 0 Å². The molecule has 1 aliphatic carbocycles. The summed E-state index contributed by atoms with van der Waals surface area (Å²) in [4.78, 5) is 2.70. The Morgan fingerprint density at radius 3 is 2.84 bits per heavy atom. The molecule has 0 spiro atoms. The van der Waals surface area contributed by atoms with Gasteiger partial charge in [-0.2, -0.15) is 0 Å². The van der Waals surface area contributed by atoms with Crippen molar-refractivity contribution >= 4 is 5.69 Å². The lowest BCUT2D eigenvalue weighted by atomic mass is 9.76. The fraction of sp³-hybridized carbons (Fsp3) is 0.647. The van der Waals surface area contributed by atoms with Crippen molar-refractivity contribution in [2.24, 2.45) is 11.8 Å². The van der Waals surface area contributed by atoms with Gasteiger partial charge in [0.1, 0.15) is 0 Å². The lowest BCUT2D eigenvalue weighted by Crippen LogP contribution is -2.53. The van der Waals surface area contributed by atoms with Crippen molar-refractivity contribution in [2.45, 2.75) is 39.2 Å². The van der Waals surface area contributed by atoms with Crippen molar-refractivity contribution < 1.29 is 0 Å². The first kappa shape index (κ1) is 13.0. The van der Waals surface area contributed by atoms with E-state index >= 15 is 0 Å².